The standard InChI is InChI=1S/C16H20FN3O2S.ClH/c1-4-9(2)14(18)15(21)20-16-19-12(8-23-16)10-5-6-13(22-3)11(17)7-10;/h5-9,14H,4,18H2,1-3H3,(H,19,20,21);1H. The number of amides is 1. The smallest absolute Gasteiger partial charge is 0.243 e. The van der Waals surface area contributed by atoms with E-state index in [4.69, 9.17) is 10.5 Å². The van der Waals surface area contributed by atoms with Gasteiger partial charge in [0.15, 0.2) is 16.7 Å². The van der Waals surface area contributed by atoms with Gasteiger partial charge in [0, 0.05) is 10.9 Å². The Kier molecular flexibility index (Phi) is 7.59. The minimum Gasteiger partial charge on any atom is -0.494 e. The first-order valence-electron chi connectivity index (χ1n) is 7.32. The van der Waals surface area contributed by atoms with E-state index in [9.17, 15) is 9.18 Å². The van der Waals surface area contributed by atoms with E-state index >= 15 is 0 Å². The zero-order valence-corrected chi connectivity index (χ0v) is 15.3. The van der Waals surface area contributed by atoms with Gasteiger partial charge >= 0.3 is 0 Å². The number of anilines is 1. The van der Waals surface area contributed by atoms with E-state index < -0.39 is 11.9 Å². The van der Waals surface area contributed by atoms with Gasteiger partial charge in [0.25, 0.3) is 0 Å². The maximum absolute atomic E-state index is 13.8. The number of ether oxygens (including phenoxy) is 1. The van der Waals surface area contributed by atoms with Crippen LogP contribution in [-0.2, 0) is 4.79 Å². The van der Waals surface area contributed by atoms with Crippen molar-refractivity contribution in [1.82, 2.24) is 4.98 Å². The number of hydrogen-bond acceptors (Lipinski definition) is 5. The highest BCUT2D eigenvalue weighted by Crippen LogP contribution is 2.28. The molecule has 1 aromatic carbocycles. The second-order valence-corrected chi connectivity index (χ2v) is 6.15. The number of nitrogens with zero attached hydrogens (tertiary/aromatic N) is 1. The topological polar surface area (TPSA) is 77.2 Å². The Morgan fingerprint density at radius 2 is 2.21 bits per heavy atom. The number of carbonyl (C=O) groups is 1. The van der Waals surface area contributed by atoms with Crippen molar-refractivity contribution in [2.24, 2.45) is 11.7 Å². The van der Waals surface area contributed by atoms with Gasteiger partial charge < -0.3 is 15.8 Å². The molecule has 3 N–H and O–H groups in total. The Hall–Kier alpha value is -1.70. The summed E-state index contributed by atoms with van der Waals surface area (Å²) in [7, 11) is 1.41. The maximum Gasteiger partial charge on any atom is 0.243 e. The lowest BCUT2D eigenvalue weighted by Gasteiger charge is -2.16. The maximum atomic E-state index is 13.8. The molecule has 0 saturated carbocycles. The molecule has 0 aliphatic carbocycles. The third-order valence-corrected chi connectivity index (χ3v) is 4.50. The first-order chi connectivity index (χ1) is 11.0. The summed E-state index contributed by atoms with van der Waals surface area (Å²) in [5.74, 6) is -0.453. The summed E-state index contributed by atoms with van der Waals surface area (Å²) in [5.41, 5.74) is 7.09. The molecule has 2 aromatic rings. The fourth-order valence-electron chi connectivity index (χ4n) is 1.99. The van der Waals surface area contributed by atoms with E-state index in [2.05, 4.69) is 10.3 Å². The minimum atomic E-state index is -0.578. The number of carbonyl (C=O) groups excluding carboxylic acids is 1. The largest absolute Gasteiger partial charge is 0.494 e. The SMILES string of the molecule is CCC(C)C(N)C(=O)Nc1nc(-c2ccc(OC)c(F)c2)cs1.Cl. The van der Waals surface area contributed by atoms with Crippen molar-refractivity contribution in [2.45, 2.75) is 26.3 Å². The molecule has 0 bridgehead atoms. The Morgan fingerprint density at radius 3 is 2.79 bits per heavy atom. The molecular weight excluding hydrogens is 353 g/mol. The molecule has 2 atom stereocenters. The van der Waals surface area contributed by atoms with Gasteiger partial charge in [0.2, 0.25) is 5.91 Å². The Labute approximate surface area is 150 Å². The molecule has 5 nitrogen and oxygen atoms in total. The molecule has 24 heavy (non-hydrogen) atoms. The lowest BCUT2D eigenvalue weighted by Crippen LogP contribution is -2.40. The van der Waals surface area contributed by atoms with Crippen molar-refractivity contribution in [3.8, 4) is 17.0 Å². The van der Waals surface area contributed by atoms with Gasteiger partial charge in [0.05, 0.1) is 18.8 Å². The normalized spacial score (nSPS) is 12.9. The molecule has 8 heteroatoms. The monoisotopic (exact) mass is 373 g/mol. The van der Waals surface area contributed by atoms with Gasteiger partial charge in [-0.15, -0.1) is 23.7 Å². The van der Waals surface area contributed by atoms with Crippen LogP contribution >= 0.6 is 23.7 Å². The number of rotatable bonds is 6. The number of aromatic nitrogens is 1. The molecule has 0 spiro atoms. The molecule has 0 saturated heterocycles. The molecule has 1 aromatic heterocycles. The molecule has 0 fully saturated rings. The highest BCUT2D eigenvalue weighted by Gasteiger charge is 2.20. The number of nitrogens with two attached hydrogens (primary N) is 1. The fraction of sp³-hybridized carbons (Fsp3) is 0.375. The predicted molar refractivity (Wildman–Crippen MR) is 97.4 cm³/mol. The average molecular weight is 374 g/mol. The van der Waals surface area contributed by atoms with E-state index in [0.29, 0.717) is 16.4 Å². The second kappa shape index (κ2) is 8.96. The zero-order chi connectivity index (χ0) is 17.0. The van der Waals surface area contributed by atoms with Gasteiger partial charge in [-0.3, -0.25) is 4.79 Å². The average Bonchev–Trinajstić information content (AvgIpc) is 3.01. The van der Waals surface area contributed by atoms with Crippen LogP contribution in [0.1, 0.15) is 20.3 Å². The van der Waals surface area contributed by atoms with Crippen molar-refractivity contribution < 1.29 is 13.9 Å². The Morgan fingerprint density at radius 1 is 1.50 bits per heavy atom. The van der Waals surface area contributed by atoms with Gasteiger partial charge in [-0.25, -0.2) is 9.37 Å². The molecule has 2 rings (SSSR count). The van der Waals surface area contributed by atoms with Crippen LogP contribution in [0.5, 0.6) is 5.75 Å². The van der Waals surface area contributed by atoms with Crippen LogP contribution in [0.2, 0.25) is 0 Å². The van der Waals surface area contributed by atoms with Crippen molar-refractivity contribution in [1.29, 1.82) is 0 Å². The summed E-state index contributed by atoms with van der Waals surface area (Å²) in [5, 5.41) is 4.91. The first kappa shape index (κ1) is 20.3. The van der Waals surface area contributed by atoms with Crippen LogP contribution in [-0.4, -0.2) is 24.0 Å². The number of thiazole rings is 1. The summed E-state index contributed by atoms with van der Waals surface area (Å²) in [6.45, 7) is 3.91. The number of methoxy groups -OCH3 is 1. The van der Waals surface area contributed by atoms with Crippen LogP contribution in [0.3, 0.4) is 0 Å². The number of nitrogens with one attached hydrogen (secondary N) is 1. The molecule has 132 valence electrons. The summed E-state index contributed by atoms with van der Waals surface area (Å²) in [6, 6.07) is 4.03. The molecule has 0 radical (unpaired) electrons. The van der Waals surface area contributed by atoms with Crippen molar-refractivity contribution in [3.05, 3.63) is 29.4 Å². The molecular formula is C16H21ClFN3O2S. The van der Waals surface area contributed by atoms with Crippen LogP contribution in [0.4, 0.5) is 9.52 Å². The molecule has 0 aliphatic rings. The quantitative estimate of drug-likeness (QED) is 0.809. The van der Waals surface area contributed by atoms with Gasteiger partial charge in [-0.2, -0.15) is 0 Å². The van der Waals surface area contributed by atoms with E-state index in [-0.39, 0.29) is 30.0 Å². The van der Waals surface area contributed by atoms with Crippen LogP contribution in [0, 0.1) is 11.7 Å². The Bertz CT molecular complexity index is 696. The molecule has 1 heterocycles. The molecule has 2 unspecified atom stereocenters. The van der Waals surface area contributed by atoms with Crippen LogP contribution < -0.4 is 15.8 Å². The molecule has 1 amide bonds. The van der Waals surface area contributed by atoms with E-state index in [0.717, 1.165) is 6.42 Å². The third-order valence-electron chi connectivity index (χ3n) is 3.74. The summed E-state index contributed by atoms with van der Waals surface area (Å²) < 4.78 is 18.6. The Balaban J connectivity index is 0.00000288. The first-order valence-corrected chi connectivity index (χ1v) is 8.20. The van der Waals surface area contributed by atoms with E-state index in [1.165, 1.54) is 24.5 Å². The van der Waals surface area contributed by atoms with Gasteiger partial charge in [-0.1, -0.05) is 20.3 Å². The van der Waals surface area contributed by atoms with Crippen molar-refractivity contribution in [2.75, 3.05) is 12.4 Å². The number of halogens is 2. The number of hydrogen-bond donors (Lipinski definition) is 2. The van der Waals surface area contributed by atoms with Gasteiger partial charge in [-0.05, 0) is 24.1 Å². The zero-order valence-electron chi connectivity index (χ0n) is 13.7. The lowest BCUT2D eigenvalue weighted by molar-refractivity contribution is -0.118. The summed E-state index contributed by atoms with van der Waals surface area (Å²) in [6.07, 6.45) is 0.822. The lowest BCUT2D eigenvalue weighted by atomic mass is 10.00. The van der Waals surface area contributed by atoms with E-state index in [1.807, 2.05) is 13.8 Å². The summed E-state index contributed by atoms with van der Waals surface area (Å²) >= 11 is 1.27. The summed E-state index contributed by atoms with van der Waals surface area (Å²) in [4.78, 5) is 16.4. The molecule has 0 aliphatic heterocycles. The highest BCUT2D eigenvalue weighted by atomic mass is 35.5. The van der Waals surface area contributed by atoms with Crippen LogP contribution in [0.15, 0.2) is 23.6 Å². The number of benzene rings is 1. The van der Waals surface area contributed by atoms with Crippen molar-refractivity contribution >= 4 is 34.8 Å². The predicted octanol–water partition coefficient (Wildman–Crippen LogP) is 3.69. The fourth-order valence-corrected chi connectivity index (χ4v) is 2.71. The van der Waals surface area contributed by atoms with Crippen molar-refractivity contribution in [3.63, 3.8) is 0 Å². The van der Waals surface area contributed by atoms with Gasteiger partial charge in [0.1, 0.15) is 0 Å². The van der Waals surface area contributed by atoms with Crippen LogP contribution in [0.25, 0.3) is 11.3 Å². The highest BCUT2D eigenvalue weighted by molar-refractivity contribution is 7.14. The minimum absolute atomic E-state index is 0. The third kappa shape index (κ3) is 4.66. The van der Waals surface area contributed by atoms with E-state index in [1.54, 1.807) is 17.5 Å². The second-order valence-electron chi connectivity index (χ2n) is 5.29.